The fourth-order valence-electron chi connectivity index (χ4n) is 3.42. The molecule has 0 atom stereocenters. The molecule has 1 amide bonds. The quantitative estimate of drug-likeness (QED) is 0.333. The molecule has 0 aliphatic rings. The Kier molecular flexibility index (Phi) is 6.76. The highest BCUT2D eigenvalue weighted by Gasteiger charge is 2.07. The highest BCUT2D eigenvalue weighted by atomic mass is 16.5. The summed E-state index contributed by atoms with van der Waals surface area (Å²) in [6, 6.07) is 35.7. The minimum absolute atomic E-state index is 0.138. The smallest absolute Gasteiger partial charge is 0.255 e. The van der Waals surface area contributed by atoms with Gasteiger partial charge in [0.2, 0.25) is 0 Å². The number of nitrogens with one attached hydrogen (secondary N) is 1. The lowest BCUT2D eigenvalue weighted by Crippen LogP contribution is -2.11. The predicted molar refractivity (Wildman–Crippen MR) is 127 cm³/mol. The number of aryl methyl sites for hydroxylation is 1. The van der Waals surface area contributed by atoms with E-state index in [1.807, 2.05) is 72.8 Å². The lowest BCUT2D eigenvalue weighted by molar-refractivity contribution is 0.102. The average Bonchev–Trinajstić information content (AvgIpc) is 2.83. The topological polar surface area (TPSA) is 38.3 Å². The second-order valence-corrected chi connectivity index (χ2v) is 7.36. The fourth-order valence-corrected chi connectivity index (χ4v) is 3.42. The number of anilines is 1. The zero-order valence-electron chi connectivity index (χ0n) is 17.3. The summed E-state index contributed by atoms with van der Waals surface area (Å²) < 4.78 is 5.87. The van der Waals surface area contributed by atoms with Crippen molar-refractivity contribution in [1.82, 2.24) is 0 Å². The number of carbonyl (C=O) groups excluding carboxylic acids is 1. The first-order chi connectivity index (χ1) is 15.3. The summed E-state index contributed by atoms with van der Waals surface area (Å²) in [6.45, 7) is 0.632. The van der Waals surface area contributed by atoms with Crippen LogP contribution in [0, 0.1) is 0 Å². The highest BCUT2D eigenvalue weighted by Crippen LogP contribution is 2.21. The first kappa shape index (κ1) is 20.4. The Morgan fingerprint density at radius 1 is 0.710 bits per heavy atom. The Bertz CT molecular complexity index is 1110. The molecule has 0 radical (unpaired) electrons. The molecule has 4 aromatic rings. The molecule has 0 bridgehead atoms. The molecule has 0 fully saturated rings. The molecule has 154 valence electrons. The van der Waals surface area contributed by atoms with Gasteiger partial charge in [-0.25, -0.2) is 0 Å². The van der Waals surface area contributed by atoms with Gasteiger partial charge in [-0.1, -0.05) is 78.9 Å². The minimum atomic E-state index is -0.138. The third-order valence-electron chi connectivity index (χ3n) is 5.07. The molecule has 0 aromatic heterocycles. The summed E-state index contributed by atoms with van der Waals surface area (Å²) in [5.41, 5.74) is 4.87. The Morgan fingerprint density at radius 2 is 1.39 bits per heavy atom. The van der Waals surface area contributed by atoms with Crippen LogP contribution in [-0.2, 0) is 6.42 Å². The maximum atomic E-state index is 12.6. The summed E-state index contributed by atoms with van der Waals surface area (Å²) in [4.78, 5) is 12.6. The van der Waals surface area contributed by atoms with Crippen LogP contribution in [0.4, 0.5) is 5.69 Å². The molecular weight excluding hydrogens is 382 g/mol. The minimum Gasteiger partial charge on any atom is -0.494 e. The Hall–Kier alpha value is -3.85. The van der Waals surface area contributed by atoms with Gasteiger partial charge in [-0.15, -0.1) is 0 Å². The van der Waals surface area contributed by atoms with Crippen molar-refractivity contribution in [3.63, 3.8) is 0 Å². The first-order valence-corrected chi connectivity index (χ1v) is 10.5. The van der Waals surface area contributed by atoms with E-state index in [-0.39, 0.29) is 5.91 Å². The summed E-state index contributed by atoms with van der Waals surface area (Å²) in [7, 11) is 0. The van der Waals surface area contributed by atoms with Gasteiger partial charge in [-0.3, -0.25) is 4.79 Å². The van der Waals surface area contributed by atoms with E-state index < -0.39 is 0 Å². The summed E-state index contributed by atoms with van der Waals surface area (Å²) >= 11 is 0. The second-order valence-electron chi connectivity index (χ2n) is 7.36. The fraction of sp³-hybridized carbons (Fsp3) is 0.107. The molecule has 4 aromatic carbocycles. The van der Waals surface area contributed by atoms with E-state index in [0.29, 0.717) is 12.2 Å². The second kappa shape index (κ2) is 10.3. The van der Waals surface area contributed by atoms with Gasteiger partial charge in [-0.05, 0) is 53.8 Å². The third-order valence-corrected chi connectivity index (χ3v) is 5.07. The van der Waals surface area contributed by atoms with E-state index in [2.05, 4.69) is 41.7 Å². The van der Waals surface area contributed by atoms with Crippen molar-refractivity contribution in [2.45, 2.75) is 12.8 Å². The van der Waals surface area contributed by atoms with Crippen molar-refractivity contribution in [2.24, 2.45) is 0 Å². The number of hydrogen-bond donors (Lipinski definition) is 1. The van der Waals surface area contributed by atoms with Crippen molar-refractivity contribution < 1.29 is 9.53 Å². The van der Waals surface area contributed by atoms with Crippen LogP contribution in [-0.4, -0.2) is 12.5 Å². The van der Waals surface area contributed by atoms with Crippen LogP contribution >= 0.6 is 0 Å². The average molecular weight is 408 g/mol. The van der Waals surface area contributed by atoms with E-state index >= 15 is 0 Å². The standard InChI is InChI=1S/C28H25NO2/c30-28(25-18-16-24(17-19-25)23-12-5-2-6-13-23)29-26-14-7-15-27(21-26)31-20-8-11-22-9-3-1-4-10-22/h1-7,9-10,12-19,21H,8,11,20H2,(H,29,30). The van der Waals surface area contributed by atoms with E-state index in [1.54, 1.807) is 0 Å². The highest BCUT2D eigenvalue weighted by molar-refractivity contribution is 6.04. The number of rotatable bonds is 8. The van der Waals surface area contributed by atoms with Crippen LogP contribution in [0.15, 0.2) is 109 Å². The van der Waals surface area contributed by atoms with Gasteiger partial charge in [-0.2, -0.15) is 0 Å². The largest absolute Gasteiger partial charge is 0.494 e. The monoisotopic (exact) mass is 407 g/mol. The molecule has 0 saturated carbocycles. The molecule has 0 heterocycles. The number of benzene rings is 4. The van der Waals surface area contributed by atoms with Crippen LogP contribution in [0.1, 0.15) is 22.3 Å². The van der Waals surface area contributed by atoms with Crippen molar-refractivity contribution in [1.29, 1.82) is 0 Å². The number of carbonyl (C=O) groups is 1. The predicted octanol–water partition coefficient (Wildman–Crippen LogP) is 6.62. The lowest BCUT2D eigenvalue weighted by Gasteiger charge is -2.10. The van der Waals surface area contributed by atoms with Crippen LogP contribution in [0.2, 0.25) is 0 Å². The van der Waals surface area contributed by atoms with E-state index in [0.717, 1.165) is 35.4 Å². The van der Waals surface area contributed by atoms with Crippen LogP contribution in [0.3, 0.4) is 0 Å². The molecule has 3 heteroatoms. The van der Waals surface area contributed by atoms with Crippen LogP contribution in [0.25, 0.3) is 11.1 Å². The summed E-state index contributed by atoms with van der Waals surface area (Å²) in [6.07, 6.45) is 1.92. The normalized spacial score (nSPS) is 10.5. The zero-order chi connectivity index (χ0) is 21.3. The van der Waals surface area contributed by atoms with Gasteiger partial charge in [0, 0.05) is 17.3 Å². The zero-order valence-corrected chi connectivity index (χ0v) is 17.3. The maximum Gasteiger partial charge on any atom is 0.255 e. The van der Waals surface area contributed by atoms with Gasteiger partial charge >= 0.3 is 0 Å². The molecule has 0 aliphatic heterocycles. The molecular formula is C28H25NO2. The van der Waals surface area contributed by atoms with E-state index in [1.165, 1.54) is 5.56 Å². The van der Waals surface area contributed by atoms with Gasteiger partial charge in [0.1, 0.15) is 5.75 Å². The SMILES string of the molecule is O=C(Nc1cccc(OCCCc2ccccc2)c1)c1ccc(-c2ccccc2)cc1. The van der Waals surface area contributed by atoms with Crippen LogP contribution in [0.5, 0.6) is 5.75 Å². The number of hydrogen-bond acceptors (Lipinski definition) is 2. The molecule has 1 N–H and O–H groups in total. The van der Waals surface area contributed by atoms with Gasteiger partial charge in [0.05, 0.1) is 6.61 Å². The first-order valence-electron chi connectivity index (χ1n) is 10.5. The molecule has 0 unspecified atom stereocenters. The van der Waals surface area contributed by atoms with E-state index in [4.69, 9.17) is 4.74 Å². The molecule has 4 rings (SSSR count). The Labute approximate surface area is 183 Å². The summed E-state index contributed by atoms with van der Waals surface area (Å²) in [5, 5.41) is 2.96. The van der Waals surface area contributed by atoms with Crippen molar-refractivity contribution in [2.75, 3.05) is 11.9 Å². The lowest BCUT2D eigenvalue weighted by atomic mass is 10.0. The third kappa shape index (κ3) is 5.83. The molecule has 0 aliphatic carbocycles. The van der Waals surface area contributed by atoms with Gasteiger partial charge < -0.3 is 10.1 Å². The number of ether oxygens (including phenoxy) is 1. The molecule has 0 spiro atoms. The van der Waals surface area contributed by atoms with Crippen LogP contribution < -0.4 is 10.1 Å². The Morgan fingerprint density at radius 3 is 2.13 bits per heavy atom. The Balaban J connectivity index is 1.31. The van der Waals surface area contributed by atoms with Gasteiger partial charge in [0.15, 0.2) is 0 Å². The molecule has 3 nitrogen and oxygen atoms in total. The summed E-state index contributed by atoms with van der Waals surface area (Å²) in [5.74, 6) is 0.617. The molecule has 0 saturated heterocycles. The van der Waals surface area contributed by atoms with Crippen molar-refractivity contribution >= 4 is 11.6 Å². The van der Waals surface area contributed by atoms with Gasteiger partial charge in [0.25, 0.3) is 5.91 Å². The van der Waals surface area contributed by atoms with Crippen molar-refractivity contribution in [3.05, 3.63) is 120 Å². The molecule has 31 heavy (non-hydrogen) atoms. The van der Waals surface area contributed by atoms with Crippen molar-refractivity contribution in [3.8, 4) is 16.9 Å². The maximum absolute atomic E-state index is 12.6. The van der Waals surface area contributed by atoms with E-state index in [9.17, 15) is 4.79 Å². The number of amides is 1.